The quantitative estimate of drug-likeness (QED) is 0.637. The Morgan fingerprint density at radius 3 is 2.00 bits per heavy atom. The molecule has 0 saturated carbocycles. The van der Waals surface area contributed by atoms with Crippen LogP contribution < -0.4 is 4.74 Å². The summed E-state index contributed by atoms with van der Waals surface area (Å²) in [6.07, 6.45) is 0. The van der Waals surface area contributed by atoms with Crippen LogP contribution in [-0.4, -0.2) is 27.5 Å². The molecule has 2 aromatic rings. The summed E-state index contributed by atoms with van der Waals surface area (Å²) >= 11 is 0. The van der Waals surface area contributed by atoms with Crippen molar-refractivity contribution in [1.82, 2.24) is 0 Å². The summed E-state index contributed by atoms with van der Waals surface area (Å²) in [5.41, 5.74) is 1.03. The number of hydrogen-bond acceptors (Lipinski definition) is 5. The molecule has 21 heavy (non-hydrogen) atoms. The van der Waals surface area contributed by atoms with E-state index in [0.29, 0.717) is 5.92 Å². The highest BCUT2D eigenvalue weighted by atomic mass is 16.5. The maximum Gasteiger partial charge on any atom is 0.200 e. The largest absolute Gasteiger partial charge is 0.504 e. The molecule has 5 nitrogen and oxygen atoms in total. The van der Waals surface area contributed by atoms with Crippen LogP contribution in [0.25, 0.3) is 0 Å². The number of rotatable bonds is 2. The van der Waals surface area contributed by atoms with E-state index >= 15 is 0 Å². The third-order valence-corrected chi connectivity index (χ3v) is 2.86. The summed E-state index contributed by atoms with van der Waals surface area (Å²) in [4.78, 5) is 0. The van der Waals surface area contributed by atoms with Gasteiger partial charge in [0.25, 0.3) is 0 Å². The lowest BCUT2D eigenvalue weighted by atomic mass is 10.0. The summed E-state index contributed by atoms with van der Waals surface area (Å²) in [6.45, 7) is 4.07. The van der Waals surface area contributed by atoms with Crippen molar-refractivity contribution in [3.63, 3.8) is 0 Å². The fourth-order valence-corrected chi connectivity index (χ4v) is 1.58. The predicted octanol–water partition coefficient (Wildman–Crippen LogP) is 3.33. The van der Waals surface area contributed by atoms with Crippen molar-refractivity contribution in [3.05, 3.63) is 42.0 Å². The first-order valence-corrected chi connectivity index (χ1v) is 6.43. The first-order valence-electron chi connectivity index (χ1n) is 6.43. The van der Waals surface area contributed by atoms with Gasteiger partial charge in [-0.2, -0.15) is 0 Å². The highest BCUT2D eigenvalue weighted by Crippen LogP contribution is 2.33. The molecular weight excluding hydrogens is 272 g/mol. The molecule has 0 aliphatic heterocycles. The second-order valence-corrected chi connectivity index (χ2v) is 4.73. The number of aromatic hydroxyl groups is 4. The Balaban J connectivity index is 0.000000211. The van der Waals surface area contributed by atoms with Gasteiger partial charge in [-0.3, -0.25) is 0 Å². The van der Waals surface area contributed by atoms with Gasteiger partial charge in [0.1, 0.15) is 0 Å². The Kier molecular flexibility index (Phi) is 5.72. The van der Waals surface area contributed by atoms with Crippen molar-refractivity contribution >= 4 is 0 Å². The summed E-state index contributed by atoms with van der Waals surface area (Å²) in [5.74, 6) is 0.163. The van der Waals surface area contributed by atoms with E-state index in [1.165, 1.54) is 19.2 Å². The van der Waals surface area contributed by atoms with Gasteiger partial charge < -0.3 is 25.2 Å². The highest BCUT2D eigenvalue weighted by molar-refractivity contribution is 5.48. The molecule has 0 aromatic heterocycles. The average Bonchev–Trinajstić information content (AvgIpc) is 2.45. The molecule has 0 aliphatic carbocycles. The van der Waals surface area contributed by atoms with Crippen LogP contribution in [-0.2, 0) is 0 Å². The third kappa shape index (κ3) is 4.49. The molecule has 0 heterocycles. The van der Waals surface area contributed by atoms with E-state index < -0.39 is 0 Å². The zero-order valence-electron chi connectivity index (χ0n) is 12.2. The number of hydrogen-bond donors (Lipinski definition) is 4. The number of phenols is 4. The minimum Gasteiger partial charge on any atom is -0.504 e. The maximum atomic E-state index is 9.10. The molecule has 0 atom stereocenters. The van der Waals surface area contributed by atoms with E-state index in [2.05, 4.69) is 0 Å². The van der Waals surface area contributed by atoms with Gasteiger partial charge in [0.05, 0.1) is 7.11 Å². The van der Waals surface area contributed by atoms with Gasteiger partial charge in [-0.25, -0.2) is 0 Å². The molecule has 2 rings (SSSR count). The molecule has 4 N–H and O–H groups in total. The Bertz CT molecular complexity index is 593. The Morgan fingerprint density at radius 2 is 1.52 bits per heavy atom. The van der Waals surface area contributed by atoms with Gasteiger partial charge >= 0.3 is 0 Å². The van der Waals surface area contributed by atoms with Crippen LogP contribution in [0.4, 0.5) is 0 Å². The molecule has 0 radical (unpaired) electrons. The summed E-state index contributed by atoms with van der Waals surface area (Å²) < 4.78 is 4.72. The number of methoxy groups -OCH3 is 1. The molecule has 114 valence electrons. The van der Waals surface area contributed by atoms with Crippen LogP contribution in [0.3, 0.4) is 0 Å². The normalized spacial score (nSPS) is 9.90. The first kappa shape index (κ1) is 16.5. The van der Waals surface area contributed by atoms with Crippen molar-refractivity contribution in [3.8, 4) is 28.7 Å². The Labute approximate surface area is 123 Å². The monoisotopic (exact) mass is 292 g/mol. The zero-order chi connectivity index (χ0) is 16.0. The lowest BCUT2D eigenvalue weighted by molar-refractivity contribution is 0.351. The number of phenolic OH excluding ortho intramolecular Hbond substituents is 4. The summed E-state index contributed by atoms with van der Waals surface area (Å²) in [6, 6.07) is 9.44. The minimum atomic E-state index is -0.218. The third-order valence-electron chi connectivity index (χ3n) is 2.86. The van der Waals surface area contributed by atoms with E-state index in [4.69, 9.17) is 25.2 Å². The van der Waals surface area contributed by atoms with E-state index in [9.17, 15) is 0 Å². The Hall–Kier alpha value is -2.56. The van der Waals surface area contributed by atoms with Crippen LogP contribution in [0.15, 0.2) is 36.4 Å². The standard InChI is InChI=1S/C9H12O2.C7H8O3/c1-6(2)7-3-4-8(10)9(11)5-7;1-10-6-4-2-3-5(8)7(6)9/h3-6,10-11H,1-2H3;2-4,8-9H,1H3. The lowest BCUT2D eigenvalue weighted by Crippen LogP contribution is -1.85. The topological polar surface area (TPSA) is 90.2 Å². The van der Waals surface area contributed by atoms with E-state index in [1.807, 2.05) is 13.8 Å². The predicted molar refractivity (Wildman–Crippen MR) is 80.2 cm³/mol. The van der Waals surface area contributed by atoms with E-state index in [1.54, 1.807) is 24.3 Å². The minimum absolute atomic E-state index is 0.0452. The smallest absolute Gasteiger partial charge is 0.200 e. The zero-order valence-corrected chi connectivity index (χ0v) is 12.2. The molecule has 0 amide bonds. The van der Waals surface area contributed by atoms with Crippen LogP contribution in [0.2, 0.25) is 0 Å². The van der Waals surface area contributed by atoms with Gasteiger partial charge in [0.15, 0.2) is 28.7 Å². The van der Waals surface area contributed by atoms with Crippen molar-refractivity contribution in [2.75, 3.05) is 7.11 Å². The molecule has 2 aromatic carbocycles. The van der Waals surface area contributed by atoms with Gasteiger partial charge in [0, 0.05) is 0 Å². The van der Waals surface area contributed by atoms with Crippen LogP contribution >= 0.6 is 0 Å². The number of para-hydroxylation sites is 1. The maximum absolute atomic E-state index is 9.10. The SMILES string of the molecule is CC(C)c1ccc(O)c(O)c1.COc1cccc(O)c1O. The first-order chi connectivity index (χ1) is 9.86. The summed E-state index contributed by atoms with van der Waals surface area (Å²) in [5, 5.41) is 36.0. The second-order valence-electron chi connectivity index (χ2n) is 4.73. The fourth-order valence-electron chi connectivity index (χ4n) is 1.58. The van der Waals surface area contributed by atoms with Crippen molar-refractivity contribution in [1.29, 1.82) is 0 Å². The van der Waals surface area contributed by atoms with Gasteiger partial charge in [-0.05, 0) is 35.7 Å². The fraction of sp³-hybridized carbons (Fsp3) is 0.250. The Morgan fingerprint density at radius 1 is 0.857 bits per heavy atom. The lowest BCUT2D eigenvalue weighted by Gasteiger charge is -2.05. The van der Waals surface area contributed by atoms with Gasteiger partial charge in [0.2, 0.25) is 0 Å². The van der Waals surface area contributed by atoms with Crippen molar-refractivity contribution in [2.24, 2.45) is 0 Å². The molecule has 0 spiro atoms. The van der Waals surface area contributed by atoms with Crippen molar-refractivity contribution < 1.29 is 25.2 Å². The average molecular weight is 292 g/mol. The van der Waals surface area contributed by atoms with Gasteiger partial charge in [-0.1, -0.05) is 26.0 Å². The van der Waals surface area contributed by atoms with E-state index in [0.717, 1.165) is 5.56 Å². The highest BCUT2D eigenvalue weighted by Gasteiger charge is 2.03. The molecule has 0 bridgehead atoms. The van der Waals surface area contributed by atoms with Crippen molar-refractivity contribution in [2.45, 2.75) is 19.8 Å². The van der Waals surface area contributed by atoms with E-state index in [-0.39, 0.29) is 28.7 Å². The molecule has 0 fully saturated rings. The number of benzene rings is 2. The number of ether oxygens (including phenoxy) is 1. The van der Waals surface area contributed by atoms with Crippen LogP contribution in [0.5, 0.6) is 28.7 Å². The molecule has 0 saturated heterocycles. The van der Waals surface area contributed by atoms with Gasteiger partial charge in [-0.15, -0.1) is 0 Å². The molecule has 0 unspecified atom stereocenters. The van der Waals surface area contributed by atoms with Crippen LogP contribution in [0.1, 0.15) is 25.3 Å². The molecular formula is C16H20O5. The van der Waals surface area contributed by atoms with Crippen LogP contribution in [0, 0.1) is 0 Å². The summed E-state index contributed by atoms with van der Waals surface area (Å²) in [7, 11) is 1.43. The molecule has 5 heteroatoms. The second kappa shape index (κ2) is 7.28. The molecule has 0 aliphatic rings.